The number of carbonyl (C=O) groups excluding carboxylic acids is 2. The Kier molecular flexibility index (Phi) is 8.30. The zero-order chi connectivity index (χ0) is 27.5. The van der Waals surface area contributed by atoms with Gasteiger partial charge in [0.1, 0.15) is 18.1 Å². The Bertz CT molecular complexity index is 1450. The fourth-order valence-electron chi connectivity index (χ4n) is 4.47. The molecular formula is C29H29ClN4O3S2. The number of aromatic nitrogens is 2. The van der Waals surface area contributed by atoms with Gasteiger partial charge < -0.3 is 10.1 Å². The van der Waals surface area contributed by atoms with Gasteiger partial charge in [-0.15, -0.1) is 23.1 Å². The number of nitrogens with zero attached hydrogens (tertiary/aromatic N) is 3. The molecule has 7 nitrogen and oxygen atoms in total. The maximum absolute atomic E-state index is 13.7. The number of ether oxygens (including phenoxy) is 1. The molecule has 2 aromatic heterocycles. The number of benzene rings is 2. The van der Waals surface area contributed by atoms with Crippen LogP contribution in [0.3, 0.4) is 0 Å². The summed E-state index contributed by atoms with van der Waals surface area (Å²) in [7, 11) is 1.62. The zero-order valence-electron chi connectivity index (χ0n) is 21.9. The van der Waals surface area contributed by atoms with Crippen LogP contribution in [0.25, 0.3) is 16.9 Å². The Morgan fingerprint density at radius 2 is 1.92 bits per heavy atom. The number of rotatable bonds is 8. The van der Waals surface area contributed by atoms with Gasteiger partial charge in [0, 0.05) is 27.1 Å². The van der Waals surface area contributed by atoms with Crippen molar-refractivity contribution in [2.24, 2.45) is 0 Å². The molecule has 202 valence electrons. The van der Waals surface area contributed by atoms with Gasteiger partial charge in [0.15, 0.2) is 0 Å². The first-order chi connectivity index (χ1) is 18.9. The highest BCUT2D eigenvalue weighted by molar-refractivity contribution is 8.00. The Hall–Kier alpha value is -3.27. The molecule has 1 aliphatic heterocycles. The number of fused-ring (bicyclic) bond motifs is 1. The van der Waals surface area contributed by atoms with Gasteiger partial charge in [-0.1, -0.05) is 36.7 Å². The molecule has 2 atom stereocenters. The van der Waals surface area contributed by atoms with Crippen LogP contribution < -0.4 is 15.0 Å². The Labute approximate surface area is 241 Å². The third kappa shape index (κ3) is 5.71. The molecule has 0 bridgehead atoms. The summed E-state index contributed by atoms with van der Waals surface area (Å²) in [5.41, 5.74) is 3.26. The highest BCUT2D eigenvalue weighted by atomic mass is 35.5. The molecule has 39 heavy (non-hydrogen) atoms. The number of nitrogens with one attached hydrogen (secondary N) is 1. The lowest BCUT2D eigenvalue weighted by Gasteiger charge is -2.24. The van der Waals surface area contributed by atoms with Gasteiger partial charge in [-0.3, -0.25) is 14.5 Å². The first-order valence-corrected chi connectivity index (χ1v) is 15.0. The monoisotopic (exact) mass is 580 g/mol. The summed E-state index contributed by atoms with van der Waals surface area (Å²) < 4.78 is 7.14. The molecule has 0 radical (unpaired) electrons. The second kappa shape index (κ2) is 11.9. The Balaban J connectivity index is 1.75. The summed E-state index contributed by atoms with van der Waals surface area (Å²) in [5, 5.41) is 10.6. The molecule has 0 fully saturated rings. The number of hydrogen-bond acceptors (Lipinski definition) is 6. The van der Waals surface area contributed by atoms with Crippen molar-refractivity contribution in [3.63, 3.8) is 0 Å². The number of methoxy groups -OCH3 is 1. The van der Waals surface area contributed by atoms with Crippen molar-refractivity contribution in [1.29, 1.82) is 0 Å². The van der Waals surface area contributed by atoms with Crippen LogP contribution in [-0.4, -0.2) is 47.0 Å². The molecule has 2 amide bonds. The lowest BCUT2D eigenvalue weighted by atomic mass is 10.0. The summed E-state index contributed by atoms with van der Waals surface area (Å²) in [6.45, 7) is 3.87. The average molecular weight is 581 g/mol. The Morgan fingerprint density at radius 1 is 1.18 bits per heavy atom. The van der Waals surface area contributed by atoms with Crippen LogP contribution >= 0.6 is 34.7 Å². The average Bonchev–Trinajstić information content (AvgIpc) is 3.59. The third-order valence-corrected chi connectivity index (χ3v) is 9.22. The van der Waals surface area contributed by atoms with E-state index in [1.54, 1.807) is 39.8 Å². The summed E-state index contributed by atoms with van der Waals surface area (Å²) >= 11 is 9.42. The molecular weight excluding hydrogens is 552 g/mol. The van der Waals surface area contributed by atoms with E-state index >= 15 is 0 Å². The minimum Gasteiger partial charge on any atom is -0.497 e. The fraction of sp³-hybridized carbons (Fsp3) is 0.276. The van der Waals surface area contributed by atoms with Gasteiger partial charge in [0.25, 0.3) is 0 Å². The summed E-state index contributed by atoms with van der Waals surface area (Å²) in [4.78, 5) is 29.5. The molecule has 0 saturated heterocycles. The molecule has 0 aliphatic carbocycles. The molecule has 3 heterocycles. The summed E-state index contributed by atoms with van der Waals surface area (Å²) in [6.07, 6.45) is 0.797. The van der Waals surface area contributed by atoms with E-state index in [1.807, 2.05) is 73.8 Å². The third-order valence-electron chi connectivity index (χ3n) is 6.65. The van der Waals surface area contributed by atoms with Crippen LogP contribution in [0.2, 0.25) is 5.02 Å². The van der Waals surface area contributed by atoms with E-state index in [4.69, 9.17) is 21.4 Å². The number of halogens is 1. The molecule has 0 spiro atoms. The van der Waals surface area contributed by atoms with Crippen molar-refractivity contribution in [3.05, 3.63) is 81.5 Å². The van der Waals surface area contributed by atoms with Crippen LogP contribution in [0.4, 0.5) is 5.82 Å². The first kappa shape index (κ1) is 27.3. The smallest absolute Gasteiger partial charge is 0.240 e. The van der Waals surface area contributed by atoms with E-state index in [-0.39, 0.29) is 35.4 Å². The maximum Gasteiger partial charge on any atom is 0.240 e. The molecule has 4 aromatic rings. The zero-order valence-corrected chi connectivity index (χ0v) is 24.3. The minimum absolute atomic E-state index is 0.00317. The quantitative estimate of drug-likeness (QED) is 0.263. The first-order valence-electron chi connectivity index (χ1n) is 12.7. The van der Waals surface area contributed by atoms with Crippen LogP contribution in [0.1, 0.15) is 36.0 Å². The van der Waals surface area contributed by atoms with E-state index < -0.39 is 0 Å². The minimum atomic E-state index is -0.209. The van der Waals surface area contributed by atoms with Gasteiger partial charge in [0.05, 0.1) is 29.5 Å². The molecule has 0 saturated carbocycles. The van der Waals surface area contributed by atoms with Crippen LogP contribution in [-0.2, 0) is 9.59 Å². The van der Waals surface area contributed by atoms with E-state index in [0.29, 0.717) is 16.6 Å². The van der Waals surface area contributed by atoms with Gasteiger partial charge in [-0.05, 0) is 61.2 Å². The van der Waals surface area contributed by atoms with E-state index in [0.717, 1.165) is 33.8 Å². The number of thiophene rings is 1. The number of hydrogen-bond donors (Lipinski definition) is 1. The largest absolute Gasteiger partial charge is 0.497 e. The van der Waals surface area contributed by atoms with Crippen molar-refractivity contribution in [2.75, 3.05) is 24.3 Å². The normalized spacial score (nSPS) is 15.9. The van der Waals surface area contributed by atoms with Crippen molar-refractivity contribution in [3.8, 4) is 22.7 Å². The molecule has 10 heteroatoms. The lowest BCUT2D eigenvalue weighted by molar-refractivity contribution is -0.123. The lowest BCUT2D eigenvalue weighted by Crippen LogP contribution is -2.44. The van der Waals surface area contributed by atoms with Crippen molar-refractivity contribution >= 4 is 52.3 Å². The summed E-state index contributed by atoms with van der Waals surface area (Å²) in [5.74, 6) is 1.19. The maximum atomic E-state index is 13.7. The number of thioether (sulfide) groups is 1. The van der Waals surface area contributed by atoms with Gasteiger partial charge in [-0.2, -0.15) is 5.10 Å². The van der Waals surface area contributed by atoms with Crippen molar-refractivity contribution < 1.29 is 14.3 Å². The SMILES string of the molecule is CC[C@@H](C)NC(=O)CN1C(=O)CS[C@@H](c2cccs2)c2c(-c3ccc(Cl)cc3)nn(-c3ccc(OC)cc3)c21. The highest BCUT2D eigenvalue weighted by Crippen LogP contribution is 2.49. The Morgan fingerprint density at radius 3 is 2.56 bits per heavy atom. The van der Waals surface area contributed by atoms with Crippen LogP contribution in [0.5, 0.6) is 5.75 Å². The number of amides is 2. The topological polar surface area (TPSA) is 76.5 Å². The van der Waals surface area contributed by atoms with Gasteiger partial charge >= 0.3 is 0 Å². The van der Waals surface area contributed by atoms with E-state index in [9.17, 15) is 9.59 Å². The second-order valence-corrected chi connectivity index (χ2v) is 11.8. The predicted molar refractivity (Wildman–Crippen MR) is 159 cm³/mol. The van der Waals surface area contributed by atoms with Crippen LogP contribution in [0.15, 0.2) is 66.0 Å². The molecule has 1 N–H and O–H groups in total. The van der Waals surface area contributed by atoms with E-state index in [1.165, 1.54) is 0 Å². The molecule has 1 aliphatic rings. The van der Waals surface area contributed by atoms with Crippen LogP contribution in [0, 0.1) is 0 Å². The predicted octanol–water partition coefficient (Wildman–Crippen LogP) is 6.35. The molecule has 0 unspecified atom stereocenters. The van der Waals surface area contributed by atoms with Gasteiger partial charge in [0.2, 0.25) is 11.8 Å². The second-order valence-electron chi connectivity index (χ2n) is 9.27. The highest BCUT2D eigenvalue weighted by Gasteiger charge is 2.38. The van der Waals surface area contributed by atoms with Gasteiger partial charge in [-0.25, -0.2) is 4.68 Å². The molecule has 2 aromatic carbocycles. The summed E-state index contributed by atoms with van der Waals surface area (Å²) in [6, 6.07) is 19.2. The number of anilines is 1. The molecule has 5 rings (SSSR count). The number of carbonyl (C=O) groups is 2. The van der Waals surface area contributed by atoms with Crippen molar-refractivity contribution in [1.82, 2.24) is 15.1 Å². The van der Waals surface area contributed by atoms with E-state index in [2.05, 4.69) is 11.4 Å². The standard InChI is InChI=1S/C29H29ClN4O3S2/c1-4-18(2)31-24(35)16-33-25(36)17-39-28(23-6-5-15-38-23)26-27(19-7-9-20(30)10-8-19)32-34(29(26)33)21-11-13-22(37-3)14-12-21/h5-15,18,28H,4,16-17H2,1-3H3,(H,31,35)/t18-,28+/m1/s1. The van der Waals surface area contributed by atoms with Crippen molar-refractivity contribution in [2.45, 2.75) is 31.6 Å². The fourth-order valence-corrected chi connectivity index (χ4v) is 6.78.